The Kier molecular flexibility index (Phi) is 4.99. The maximum atomic E-state index is 13.5. The zero-order valence-electron chi connectivity index (χ0n) is 9.97. The van der Waals surface area contributed by atoms with Gasteiger partial charge in [0.05, 0.1) is 17.6 Å². The molecule has 0 atom stereocenters. The lowest BCUT2D eigenvalue weighted by atomic mass is 10.1. The van der Waals surface area contributed by atoms with Crippen molar-refractivity contribution in [2.24, 2.45) is 0 Å². The average Bonchev–Trinajstić information content (AvgIpc) is 2.35. The Morgan fingerprint density at radius 2 is 2.26 bits per heavy atom. The lowest BCUT2D eigenvalue weighted by Gasteiger charge is -2.07. The van der Waals surface area contributed by atoms with E-state index in [4.69, 9.17) is 9.84 Å². The molecule has 0 aliphatic carbocycles. The Labute approximate surface area is 108 Å². The first kappa shape index (κ1) is 14.6. The van der Waals surface area contributed by atoms with Gasteiger partial charge in [-0.3, -0.25) is 10.1 Å². The molecule has 19 heavy (non-hydrogen) atoms. The SMILES string of the molecule is C=CCCCOc1cc(C(=O)O)c([N+](=O)[O-])cc1F. The van der Waals surface area contributed by atoms with Crippen molar-refractivity contribution in [1.29, 1.82) is 0 Å². The van der Waals surface area contributed by atoms with Gasteiger partial charge in [0.15, 0.2) is 11.6 Å². The summed E-state index contributed by atoms with van der Waals surface area (Å²) in [7, 11) is 0. The van der Waals surface area contributed by atoms with Crippen LogP contribution in [-0.2, 0) is 0 Å². The number of carbonyl (C=O) groups is 1. The Hall–Kier alpha value is -2.44. The summed E-state index contributed by atoms with van der Waals surface area (Å²) in [4.78, 5) is 20.5. The van der Waals surface area contributed by atoms with Crippen molar-refractivity contribution in [3.05, 3.63) is 46.3 Å². The Morgan fingerprint density at radius 3 is 2.79 bits per heavy atom. The number of carboxylic acids is 1. The molecule has 6 nitrogen and oxygen atoms in total. The summed E-state index contributed by atoms with van der Waals surface area (Å²) in [6.45, 7) is 3.68. The smallest absolute Gasteiger partial charge is 0.342 e. The van der Waals surface area contributed by atoms with Gasteiger partial charge in [0.1, 0.15) is 5.56 Å². The van der Waals surface area contributed by atoms with Crippen LogP contribution in [0, 0.1) is 15.9 Å². The number of ether oxygens (including phenoxy) is 1. The van der Waals surface area contributed by atoms with Crippen LogP contribution in [-0.4, -0.2) is 22.6 Å². The summed E-state index contributed by atoms with van der Waals surface area (Å²) in [6.07, 6.45) is 2.92. The molecule has 1 rings (SSSR count). The van der Waals surface area contributed by atoms with Crippen LogP contribution in [0.4, 0.5) is 10.1 Å². The normalized spacial score (nSPS) is 9.95. The summed E-state index contributed by atoms with van der Waals surface area (Å²) in [5, 5.41) is 19.5. The third-order valence-electron chi connectivity index (χ3n) is 2.29. The molecule has 1 N–H and O–H groups in total. The highest BCUT2D eigenvalue weighted by atomic mass is 19.1. The second-order valence-corrected chi connectivity index (χ2v) is 3.64. The highest BCUT2D eigenvalue weighted by Gasteiger charge is 2.23. The van der Waals surface area contributed by atoms with Crippen molar-refractivity contribution in [3.63, 3.8) is 0 Å². The number of nitro benzene ring substituents is 1. The summed E-state index contributed by atoms with van der Waals surface area (Å²) in [5.74, 6) is -2.79. The molecule has 0 spiro atoms. The fourth-order valence-corrected chi connectivity index (χ4v) is 1.39. The Balaban J connectivity index is 3.00. The van der Waals surface area contributed by atoms with Gasteiger partial charge in [-0.25, -0.2) is 9.18 Å². The second-order valence-electron chi connectivity index (χ2n) is 3.64. The summed E-state index contributed by atoms with van der Waals surface area (Å²) in [5.41, 5.74) is -1.41. The van der Waals surface area contributed by atoms with Crippen LogP contribution in [0.2, 0.25) is 0 Å². The van der Waals surface area contributed by atoms with E-state index < -0.39 is 28.0 Å². The van der Waals surface area contributed by atoms with Crippen molar-refractivity contribution in [3.8, 4) is 5.75 Å². The molecule has 0 unspecified atom stereocenters. The summed E-state index contributed by atoms with van der Waals surface area (Å²) in [6, 6.07) is 1.37. The first-order chi connectivity index (χ1) is 8.97. The predicted molar refractivity (Wildman–Crippen MR) is 64.9 cm³/mol. The second kappa shape index (κ2) is 6.48. The lowest BCUT2D eigenvalue weighted by molar-refractivity contribution is -0.385. The first-order valence-corrected chi connectivity index (χ1v) is 5.42. The molecule has 0 heterocycles. The highest BCUT2D eigenvalue weighted by molar-refractivity contribution is 5.92. The van der Waals surface area contributed by atoms with Crippen LogP contribution >= 0.6 is 0 Å². The van der Waals surface area contributed by atoms with E-state index in [1.165, 1.54) is 0 Å². The van der Waals surface area contributed by atoms with Gasteiger partial charge < -0.3 is 9.84 Å². The molecule has 0 bridgehead atoms. The van der Waals surface area contributed by atoms with Crippen molar-refractivity contribution < 1.29 is 24.0 Å². The molecule has 0 fully saturated rings. The minimum Gasteiger partial charge on any atom is -0.490 e. The quantitative estimate of drug-likeness (QED) is 0.356. The standard InChI is InChI=1S/C12H12FNO5/c1-2-3-4-5-19-11-6-8(12(15)16)10(14(17)18)7-9(11)13/h2,6-7H,1,3-5H2,(H,15,16). The third-order valence-corrected chi connectivity index (χ3v) is 2.29. The topological polar surface area (TPSA) is 89.7 Å². The lowest BCUT2D eigenvalue weighted by Crippen LogP contribution is -2.06. The average molecular weight is 269 g/mol. The number of allylic oxidation sites excluding steroid dienone is 1. The van der Waals surface area contributed by atoms with Gasteiger partial charge in [-0.15, -0.1) is 6.58 Å². The van der Waals surface area contributed by atoms with E-state index in [2.05, 4.69) is 6.58 Å². The van der Waals surface area contributed by atoms with Gasteiger partial charge in [0.25, 0.3) is 5.69 Å². The molecule has 0 radical (unpaired) electrons. The van der Waals surface area contributed by atoms with Crippen LogP contribution in [0.3, 0.4) is 0 Å². The van der Waals surface area contributed by atoms with Crippen molar-refractivity contribution in [2.45, 2.75) is 12.8 Å². The number of hydrogen-bond donors (Lipinski definition) is 1. The number of unbranched alkanes of at least 4 members (excludes halogenated alkanes) is 1. The number of hydrogen-bond acceptors (Lipinski definition) is 4. The number of benzene rings is 1. The first-order valence-electron chi connectivity index (χ1n) is 5.42. The number of nitrogens with zero attached hydrogens (tertiary/aromatic N) is 1. The zero-order valence-corrected chi connectivity index (χ0v) is 9.97. The molecule has 1 aromatic carbocycles. The maximum Gasteiger partial charge on any atom is 0.342 e. The molecule has 0 saturated heterocycles. The number of nitro groups is 1. The van der Waals surface area contributed by atoms with E-state index in [0.29, 0.717) is 18.9 Å². The van der Waals surface area contributed by atoms with E-state index in [9.17, 15) is 19.3 Å². The molecule has 0 aliphatic heterocycles. The monoisotopic (exact) mass is 269 g/mol. The van der Waals surface area contributed by atoms with Gasteiger partial charge in [0.2, 0.25) is 0 Å². The van der Waals surface area contributed by atoms with Gasteiger partial charge in [-0.05, 0) is 12.8 Å². The zero-order chi connectivity index (χ0) is 14.4. The van der Waals surface area contributed by atoms with Crippen LogP contribution in [0.15, 0.2) is 24.8 Å². The maximum absolute atomic E-state index is 13.5. The minimum atomic E-state index is -1.51. The van der Waals surface area contributed by atoms with E-state index >= 15 is 0 Å². The largest absolute Gasteiger partial charge is 0.490 e. The number of aromatic carboxylic acids is 1. The van der Waals surface area contributed by atoms with Crippen molar-refractivity contribution >= 4 is 11.7 Å². The van der Waals surface area contributed by atoms with Gasteiger partial charge >= 0.3 is 5.97 Å². The molecule has 102 valence electrons. The Bertz CT molecular complexity index is 515. The van der Waals surface area contributed by atoms with Crippen LogP contribution in [0.5, 0.6) is 5.75 Å². The molecule has 0 aliphatic rings. The predicted octanol–water partition coefficient (Wildman–Crippen LogP) is 2.78. The molecule has 0 aromatic heterocycles. The van der Waals surface area contributed by atoms with Crippen LogP contribution in [0.25, 0.3) is 0 Å². The van der Waals surface area contributed by atoms with Gasteiger partial charge in [-0.1, -0.05) is 6.08 Å². The van der Waals surface area contributed by atoms with Crippen LogP contribution < -0.4 is 4.74 Å². The highest BCUT2D eigenvalue weighted by Crippen LogP contribution is 2.27. The molecule has 0 amide bonds. The summed E-state index contributed by atoms with van der Waals surface area (Å²) >= 11 is 0. The van der Waals surface area contributed by atoms with E-state index in [1.54, 1.807) is 6.08 Å². The van der Waals surface area contributed by atoms with E-state index in [-0.39, 0.29) is 12.4 Å². The Morgan fingerprint density at radius 1 is 1.58 bits per heavy atom. The fraction of sp³-hybridized carbons (Fsp3) is 0.250. The molecular formula is C12H12FNO5. The molecule has 1 aromatic rings. The molecule has 7 heteroatoms. The van der Waals surface area contributed by atoms with E-state index in [0.717, 1.165) is 6.07 Å². The number of rotatable bonds is 7. The van der Waals surface area contributed by atoms with E-state index in [1.807, 2.05) is 0 Å². The molecular weight excluding hydrogens is 257 g/mol. The summed E-state index contributed by atoms with van der Waals surface area (Å²) < 4.78 is 18.6. The number of halogens is 1. The van der Waals surface area contributed by atoms with Crippen molar-refractivity contribution in [2.75, 3.05) is 6.61 Å². The van der Waals surface area contributed by atoms with Gasteiger partial charge in [-0.2, -0.15) is 0 Å². The van der Waals surface area contributed by atoms with Crippen molar-refractivity contribution in [1.82, 2.24) is 0 Å². The minimum absolute atomic E-state index is 0.166. The van der Waals surface area contributed by atoms with Gasteiger partial charge in [0, 0.05) is 6.07 Å². The molecule has 0 saturated carbocycles. The fourth-order valence-electron chi connectivity index (χ4n) is 1.39. The third kappa shape index (κ3) is 3.77. The number of carboxylic acid groups (broad SMARTS) is 1. The van der Waals surface area contributed by atoms with Crippen LogP contribution in [0.1, 0.15) is 23.2 Å².